The summed E-state index contributed by atoms with van der Waals surface area (Å²) in [4.78, 5) is 38.7. The lowest BCUT2D eigenvalue weighted by atomic mass is 9.95. The fourth-order valence-corrected chi connectivity index (χ4v) is 4.74. The number of carbonyl (C=O) groups excluding carboxylic acids is 3. The number of ether oxygens (including phenoxy) is 3. The molecule has 2 aliphatic heterocycles. The molecule has 2 aromatic rings. The van der Waals surface area contributed by atoms with Crippen molar-refractivity contribution in [3.63, 3.8) is 0 Å². The Bertz CT molecular complexity index is 1240. The number of carbonyl (C=O) groups is 3. The minimum atomic E-state index is -1.82. The molecule has 12 nitrogen and oxygen atoms in total. The topological polar surface area (TPSA) is 192 Å². The monoisotopic (exact) mass is 565 g/mol. The summed E-state index contributed by atoms with van der Waals surface area (Å²) in [7, 11) is 0. The molecule has 1 amide bonds. The fourth-order valence-electron chi connectivity index (χ4n) is 4.46. The highest BCUT2D eigenvalue weighted by Crippen LogP contribution is 2.36. The average Bonchev–Trinajstić information content (AvgIpc) is 2.90. The van der Waals surface area contributed by atoms with Crippen molar-refractivity contribution in [3.8, 4) is 5.75 Å². The molecule has 0 aliphatic carbocycles. The van der Waals surface area contributed by atoms with E-state index in [0.717, 1.165) is 0 Å². The summed E-state index contributed by atoms with van der Waals surface area (Å²) in [6.45, 7) is 1.04. The Morgan fingerprint density at radius 3 is 2.51 bits per heavy atom. The van der Waals surface area contributed by atoms with Gasteiger partial charge in [-0.2, -0.15) is 0 Å². The number of phenolic OH excluding ortho intramolecular Hbond substituents is 1. The van der Waals surface area contributed by atoms with Crippen LogP contribution in [-0.2, 0) is 31.8 Å². The van der Waals surface area contributed by atoms with E-state index in [1.54, 1.807) is 37.3 Å². The van der Waals surface area contributed by atoms with E-state index in [1.165, 1.54) is 6.07 Å². The predicted molar refractivity (Wildman–Crippen MR) is 133 cm³/mol. The van der Waals surface area contributed by atoms with Gasteiger partial charge in [-0.3, -0.25) is 4.79 Å². The van der Waals surface area contributed by atoms with Crippen molar-refractivity contribution >= 4 is 29.4 Å². The number of benzene rings is 2. The second-order valence-electron chi connectivity index (χ2n) is 9.41. The first-order valence-corrected chi connectivity index (χ1v) is 12.5. The lowest BCUT2D eigenvalue weighted by Crippen LogP contribution is -2.59. The zero-order valence-electron chi connectivity index (χ0n) is 20.7. The number of aliphatic hydroxyl groups excluding tert-OH is 4. The van der Waals surface area contributed by atoms with Crippen molar-refractivity contribution in [1.82, 2.24) is 5.32 Å². The Morgan fingerprint density at radius 2 is 1.82 bits per heavy atom. The zero-order chi connectivity index (χ0) is 28.4. The number of fused-ring (bicyclic) bond motifs is 1. The van der Waals surface area contributed by atoms with E-state index in [-0.39, 0.29) is 29.0 Å². The van der Waals surface area contributed by atoms with Gasteiger partial charge in [0, 0.05) is 17.9 Å². The molecular formula is C26H28ClNO11. The SMILES string of the molecule is C[C@@H]1Cc2c(Cl)cc(C(=O)N[C@@H](Cc3ccccc3)C(=O)OC[C@H]3O[C@@H](O)[C@H](O)[C@@H](O)[C@@H]3O)c(O)c2C(=O)O1. The van der Waals surface area contributed by atoms with E-state index < -0.39 is 73.1 Å². The van der Waals surface area contributed by atoms with E-state index in [0.29, 0.717) is 11.1 Å². The molecule has 0 spiro atoms. The first-order chi connectivity index (χ1) is 18.5. The maximum absolute atomic E-state index is 13.2. The molecule has 0 unspecified atom stereocenters. The lowest BCUT2D eigenvalue weighted by Gasteiger charge is -2.38. The predicted octanol–water partition coefficient (Wildman–Crippen LogP) is -0.169. The number of halogens is 1. The third-order valence-corrected chi connectivity index (χ3v) is 6.89. The molecule has 0 saturated carbocycles. The standard InChI is InChI=1S/C26H28ClNO11/c1-11-7-13-15(27)9-14(19(29)18(13)25(35)38-11)23(33)28-16(8-12-5-3-2-4-6-12)24(34)37-10-17-20(30)21(31)22(32)26(36)39-17/h2-6,9,11,16-17,20-22,26,29-32,36H,7-8,10H2,1H3,(H,28,33)/t11-,16+,17-,20-,21+,22-,26-/m1/s1. The van der Waals surface area contributed by atoms with Crippen LogP contribution in [-0.4, -0.2) is 92.8 Å². The van der Waals surface area contributed by atoms with E-state index in [9.17, 15) is 39.9 Å². The van der Waals surface area contributed by atoms with Gasteiger partial charge in [0.05, 0.1) is 5.56 Å². The van der Waals surface area contributed by atoms with E-state index in [4.69, 9.17) is 25.8 Å². The second-order valence-corrected chi connectivity index (χ2v) is 9.82. The molecule has 1 saturated heterocycles. The number of aromatic hydroxyl groups is 1. The summed E-state index contributed by atoms with van der Waals surface area (Å²) in [5.41, 5.74) is 0.404. The first kappa shape index (κ1) is 28.7. The molecule has 13 heteroatoms. The highest BCUT2D eigenvalue weighted by molar-refractivity contribution is 6.32. The van der Waals surface area contributed by atoms with E-state index in [2.05, 4.69) is 5.32 Å². The summed E-state index contributed by atoms with van der Waals surface area (Å²) in [5.74, 6) is -3.37. The van der Waals surface area contributed by atoms with Crippen LogP contribution in [0.2, 0.25) is 5.02 Å². The minimum Gasteiger partial charge on any atom is -0.506 e. The van der Waals surface area contributed by atoms with Gasteiger partial charge in [-0.15, -0.1) is 0 Å². The van der Waals surface area contributed by atoms with Crippen molar-refractivity contribution in [2.24, 2.45) is 0 Å². The average molecular weight is 566 g/mol. The van der Waals surface area contributed by atoms with Gasteiger partial charge in [0.2, 0.25) is 0 Å². The van der Waals surface area contributed by atoms with Crippen molar-refractivity contribution in [3.05, 3.63) is 63.7 Å². The zero-order valence-corrected chi connectivity index (χ0v) is 21.4. The third kappa shape index (κ3) is 6.16. The molecular weight excluding hydrogens is 538 g/mol. The molecule has 1 fully saturated rings. The van der Waals surface area contributed by atoms with E-state index in [1.807, 2.05) is 0 Å². The molecule has 39 heavy (non-hydrogen) atoms. The summed E-state index contributed by atoms with van der Waals surface area (Å²) < 4.78 is 15.4. The van der Waals surface area contributed by atoms with Crippen LogP contribution >= 0.6 is 11.6 Å². The normalized spacial score (nSPS) is 27.2. The molecule has 6 N–H and O–H groups in total. The number of rotatable bonds is 7. The number of esters is 2. The quantitative estimate of drug-likeness (QED) is 0.244. The number of nitrogens with one attached hydrogen (secondary N) is 1. The van der Waals surface area contributed by atoms with Crippen molar-refractivity contribution < 1.29 is 54.1 Å². The van der Waals surface area contributed by atoms with Gasteiger partial charge in [0.15, 0.2) is 6.29 Å². The number of hydrogen-bond acceptors (Lipinski definition) is 11. The number of cyclic esters (lactones) is 1. The molecule has 0 aromatic heterocycles. The minimum absolute atomic E-state index is 0.0392. The molecule has 0 bridgehead atoms. The van der Waals surface area contributed by atoms with Gasteiger partial charge in [0.25, 0.3) is 5.91 Å². The smallest absolute Gasteiger partial charge is 0.342 e. The second kappa shape index (κ2) is 11.9. The van der Waals surface area contributed by atoms with Crippen LogP contribution in [0, 0.1) is 0 Å². The maximum Gasteiger partial charge on any atom is 0.342 e. The molecule has 7 atom stereocenters. The fraction of sp³-hybridized carbons (Fsp3) is 0.423. The van der Waals surface area contributed by atoms with Crippen molar-refractivity contribution in [1.29, 1.82) is 0 Å². The van der Waals surface area contributed by atoms with Crippen LogP contribution in [0.1, 0.15) is 38.8 Å². The number of amides is 1. The Kier molecular flexibility index (Phi) is 8.74. The third-order valence-electron chi connectivity index (χ3n) is 6.55. The summed E-state index contributed by atoms with van der Waals surface area (Å²) in [5, 5.41) is 52.6. The Balaban J connectivity index is 1.54. The summed E-state index contributed by atoms with van der Waals surface area (Å²) in [6, 6.07) is 8.50. The Labute approximate surface area is 227 Å². The van der Waals surface area contributed by atoms with Gasteiger partial charge >= 0.3 is 11.9 Å². The molecule has 2 aromatic carbocycles. The van der Waals surface area contributed by atoms with E-state index >= 15 is 0 Å². The van der Waals surface area contributed by atoms with Crippen LogP contribution in [0.15, 0.2) is 36.4 Å². The van der Waals surface area contributed by atoms with Gasteiger partial charge in [-0.25, -0.2) is 9.59 Å². The number of hydrogen-bond donors (Lipinski definition) is 6. The van der Waals surface area contributed by atoms with Crippen molar-refractivity contribution in [2.75, 3.05) is 6.61 Å². The number of phenols is 1. The van der Waals surface area contributed by atoms with Gasteiger partial charge in [0.1, 0.15) is 54.5 Å². The molecule has 2 aliphatic rings. The largest absolute Gasteiger partial charge is 0.506 e. The molecule has 4 rings (SSSR count). The van der Waals surface area contributed by atoms with Crippen LogP contribution in [0.25, 0.3) is 0 Å². The van der Waals surface area contributed by atoms with Crippen LogP contribution < -0.4 is 5.32 Å². The number of aliphatic hydroxyl groups is 4. The molecule has 210 valence electrons. The lowest BCUT2D eigenvalue weighted by molar-refractivity contribution is -0.287. The van der Waals surface area contributed by atoms with Crippen LogP contribution in [0.5, 0.6) is 5.75 Å². The van der Waals surface area contributed by atoms with Gasteiger partial charge in [-0.05, 0) is 24.1 Å². The molecule has 0 radical (unpaired) electrons. The van der Waals surface area contributed by atoms with Crippen molar-refractivity contribution in [2.45, 2.75) is 62.6 Å². The highest BCUT2D eigenvalue weighted by Gasteiger charge is 2.43. The Hall–Kier alpha value is -3.26. The first-order valence-electron chi connectivity index (χ1n) is 12.1. The van der Waals surface area contributed by atoms with Gasteiger partial charge < -0.3 is 45.1 Å². The summed E-state index contributed by atoms with van der Waals surface area (Å²) >= 11 is 6.32. The maximum atomic E-state index is 13.2. The molecule has 2 heterocycles. The summed E-state index contributed by atoms with van der Waals surface area (Å²) in [6.07, 6.45) is -8.63. The highest BCUT2D eigenvalue weighted by atomic mass is 35.5. The Morgan fingerprint density at radius 1 is 1.13 bits per heavy atom. The van der Waals surface area contributed by atoms with Crippen LogP contribution in [0.3, 0.4) is 0 Å². The van der Waals surface area contributed by atoms with Crippen LogP contribution in [0.4, 0.5) is 0 Å². The van der Waals surface area contributed by atoms with Gasteiger partial charge in [-0.1, -0.05) is 41.9 Å².